The van der Waals surface area contributed by atoms with Crippen molar-refractivity contribution in [1.82, 2.24) is 25.3 Å². The van der Waals surface area contributed by atoms with Gasteiger partial charge in [-0.25, -0.2) is 4.99 Å². The Balaban J connectivity index is 1.95. The van der Waals surface area contributed by atoms with E-state index < -0.39 is 18.3 Å². The van der Waals surface area contributed by atoms with E-state index in [-0.39, 0.29) is 12.6 Å². The number of aliphatic imine (C=N–C) groups is 1. The van der Waals surface area contributed by atoms with Crippen LogP contribution < -0.4 is 10.6 Å². The van der Waals surface area contributed by atoms with Gasteiger partial charge in [0.15, 0.2) is 5.96 Å². The average Bonchev–Trinajstić information content (AvgIpc) is 3.13. The molecule has 1 aliphatic rings. The van der Waals surface area contributed by atoms with Crippen LogP contribution in [0.15, 0.2) is 17.4 Å². The molecule has 10 heteroatoms. The molecule has 2 rings (SSSR count). The highest BCUT2D eigenvalue weighted by Gasteiger charge is 2.34. The molecular weight excluding hydrogens is 349 g/mol. The smallest absolute Gasteiger partial charge is 0.383 e. The lowest BCUT2D eigenvalue weighted by molar-refractivity contribution is -0.143. The summed E-state index contributed by atoms with van der Waals surface area (Å²) in [4.78, 5) is 5.78. The fraction of sp³-hybridized carbons (Fsp3) is 0.750. The lowest BCUT2D eigenvalue weighted by atomic mass is 10.0. The van der Waals surface area contributed by atoms with E-state index in [1.165, 1.54) is 4.90 Å². The number of aliphatic hydroxyl groups is 1. The Morgan fingerprint density at radius 3 is 2.77 bits per heavy atom. The van der Waals surface area contributed by atoms with Crippen molar-refractivity contribution in [2.75, 3.05) is 32.7 Å². The largest absolute Gasteiger partial charge is 0.401 e. The Morgan fingerprint density at radius 2 is 2.19 bits per heavy atom. The Labute approximate surface area is 151 Å². The molecule has 3 N–H and O–H groups in total. The molecule has 0 radical (unpaired) electrons. The van der Waals surface area contributed by atoms with Crippen molar-refractivity contribution in [3.05, 3.63) is 18.0 Å². The normalized spacial score (nSPS) is 21.7. The van der Waals surface area contributed by atoms with Crippen LogP contribution in [-0.4, -0.2) is 70.7 Å². The van der Waals surface area contributed by atoms with Gasteiger partial charge >= 0.3 is 6.18 Å². The highest BCUT2D eigenvalue weighted by Crippen LogP contribution is 2.21. The molecule has 2 atom stereocenters. The predicted octanol–water partition coefficient (Wildman–Crippen LogP) is 0.819. The number of nitrogens with zero attached hydrogens (tertiary/aromatic N) is 4. The Morgan fingerprint density at radius 1 is 1.46 bits per heavy atom. The lowest BCUT2D eigenvalue weighted by Crippen LogP contribution is -2.45. The van der Waals surface area contributed by atoms with Crippen molar-refractivity contribution in [2.45, 2.75) is 38.1 Å². The SMILES string of the molecule is CCNC(=NCC(C)(O)c1cnn(C)c1)NC1CCN(CC(F)(F)F)C1. The second-order valence-corrected chi connectivity index (χ2v) is 6.85. The highest BCUT2D eigenvalue weighted by molar-refractivity contribution is 5.80. The van der Waals surface area contributed by atoms with Gasteiger partial charge < -0.3 is 15.7 Å². The maximum atomic E-state index is 12.5. The maximum absolute atomic E-state index is 12.5. The zero-order chi connectivity index (χ0) is 19.4. The van der Waals surface area contributed by atoms with E-state index >= 15 is 0 Å². The van der Waals surface area contributed by atoms with Gasteiger partial charge in [-0.3, -0.25) is 9.58 Å². The molecule has 1 fully saturated rings. The number of nitrogens with one attached hydrogen (secondary N) is 2. The minimum Gasteiger partial charge on any atom is -0.383 e. The Hall–Kier alpha value is -1.81. The third-order valence-corrected chi connectivity index (χ3v) is 4.23. The molecule has 2 unspecified atom stereocenters. The first-order valence-corrected chi connectivity index (χ1v) is 8.64. The second-order valence-electron chi connectivity index (χ2n) is 6.85. The summed E-state index contributed by atoms with van der Waals surface area (Å²) in [5.41, 5.74) is -0.536. The minimum absolute atomic E-state index is 0.104. The summed E-state index contributed by atoms with van der Waals surface area (Å²) in [6.07, 6.45) is -0.265. The number of rotatable bonds is 6. The Kier molecular flexibility index (Phi) is 6.51. The monoisotopic (exact) mass is 376 g/mol. The summed E-state index contributed by atoms with van der Waals surface area (Å²) in [6, 6.07) is -0.113. The van der Waals surface area contributed by atoms with Crippen LogP contribution in [-0.2, 0) is 12.6 Å². The van der Waals surface area contributed by atoms with Gasteiger partial charge in [0.25, 0.3) is 0 Å². The molecule has 1 aromatic heterocycles. The zero-order valence-corrected chi connectivity index (χ0v) is 15.3. The maximum Gasteiger partial charge on any atom is 0.401 e. The second kappa shape index (κ2) is 8.26. The molecule has 1 aliphatic heterocycles. The first kappa shape index (κ1) is 20.5. The number of likely N-dealkylation sites (tertiary alicyclic amines) is 1. The number of aryl methyl sites for hydroxylation is 1. The molecule has 0 aliphatic carbocycles. The summed E-state index contributed by atoms with van der Waals surface area (Å²) >= 11 is 0. The molecule has 1 saturated heterocycles. The molecule has 2 heterocycles. The van der Waals surface area contributed by atoms with E-state index in [0.717, 1.165) is 0 Å². The summed E-state index contributed by atoms with van der Waals surface area (Å²) < 4.78 is 39.1. The summed E-state index contributed by atoms with van der Waals surface area (Å²) in [5.74, 6) is 0.482. The van der Waals surface area contributed by atoms with Gasteiger partial charge in [0, 0.05) is 44.5 Å². The summed E-state index contributed by atoms with van der Waals surface area (Å²) in [7, 11) is 1.77. The van der Waals surface area contributed by atoms with Crippen LogP contribution in [0.3, 0.4) is 0 Å². The molecule has 0 saturated carbocycles. The van der Waals surface area contributed by atoms with E-state index in [1.54, 1.807) is 31.0 Å². The van der Waals surface area contributed by atoms with Gasteiger partial charge in [0.2, 0.25) is 0 Å². The number of halogens is 3. The van der Waals surface area contributed by atoms with Crippen molar-refractivity contribution in [1.29, 1.82) is 0 Å². The van der Waals surface area contributed by atoms with Gasteiger partial charge in [0.05, 0.1) is 19.3 Å². The molecule has 1 aromatic rings. The number of hydrogen-bond acceptors (Lipinski definition) is 4. The topological polar surface area (TPSA) is 77.7 Å². The number of guanidine groups is 1. The molecule has 0 amide bonds. The van der Waals surface area contributed by atoms with Crippen LogP contribution in [0, 0.1) is 0 Å². The fourth-order valence-corrected chi connectivity index (χ4v) is 2.88. The molecule has 0 bridgehead atoms. The summed E-state index contributed by atoms with van der Waals surface area (Å²) in [5, 5.41) is 20.9. The van der Waals surface area contributed by atoms with Crippen LogP contribution in [0.2, 0.25) is 0 Å². The third-order valence-electron chi connectivity index (χ3n) is 4.23. The van der Waals surface area contributed by atoms with E-state index in [1.807, 2.05) is 6.92 Å². The molecule has 26 heavy (non-hydrogen) atoms. The third kappa shape index (κ3) is 6.17. The van der Waals surface area contributed by atoms with E-state index in [9.17, 15) is 18.3 Å². The predicted molar refractivity (Wildman–Crippen MR) is 92.8 cm³/mol. The van der Waals surface area contributed by atoms with Crippen LogP contribution in [0.4, 0.5) is 13.2 Å². The van der Waals surface area contributed by atoms with Crippen LogP contribution in [0.25, 0.3) is 0 Å². The molecule has 148 valence electrons. The van der Waals surface area contributed by atoms with Gasteiger partial charge in [-0.15, -0.1) is 0 Å². The molecule has 0 aromatic carbocycles. The minimum atomic E-state index is -4.18. The van der Waals surface area contributed by atoms with Gasteiger partial charge in [0.1, 0.15) is 5.60 Å². The van der Waals surface area contributed by atoms with E-state index in [4.69, 9.17) is 0 Å². The van der Waals surface area contributed by atoms with Gasteiger partial charge in [-0.05, 0) is 20.3 Å². The van der Waals surface area contributed by atoms with E-state index in [2.05, 4.69) is 20.7 Å². The first-order chi connectivity index (χ1) is 12.1. The standard InChI is InChI=1S/C16H27F3N6O/c1-4-20-14(21-10-15(2,26)12-7-22-24(3)8-12)23-13-5-6-25(9-13)11-16(17,18)19/h7-8,13,26H,4-6,9-11H2,1-3H3,(H2,20,21,23). The average molecular weight is 376 g/mol. The Bertz CT molecular complexity index is 613. The van der Waals surface area contributed by atoms with Crippen LogP contribution >= 0.6 is 0 Å². The lowest BCUT2D eigenvalue weighted by Gasteiger charge is -2.22. The van der Waals surface area contributed by atoms with Gasteiger partial charge in [-0.2, -0.15) is 18.3 Å². The molecular formula is C16H27F3N6O. The zero-order valence-electron chi connectivity index (χ0n) is 15.3. The van der Waals surface area contributed by atoms with E-state index in [0.29, 0.717) is 37.6 Å². The van der Waals surface area contributed by atoms with Crippen molar-refractivity contribution >= 4 is 5.96 Å². The highest BCUT2D eigenvalue weighted by atomic mass is 19.4. The fourth-order valence-electron chi connectivity index (χ4n) is 2.88. The first-order valence-electron chi connectivity index (χ1n) is 8.64. The number of alkyl halides is 3. The van der Waals surface area contributed by atoms with Gasteiger partial charge in [-0.1, -0.05) is 0 Å². The van der Waals surface area contributed by atoms with Crippen molar-refractivity contribution in [3.8, 4) is 0 Å². The number of hydrogen-bond donors (Lipinski definition) is 3. The number of aromatic nitrogens is 2. The van der Waals surface area contributed by atoms with Crippen molar-refractivity contribution in [2.24, 2.45) is 12.0 Å². The molecule has 0 spiro atoms. The van der Waals surface area contributed by atoms with Crippen LogP contribution in [0.1, 0.15) is 25.8 Å². The van der Waals surface area contributed by atoms with Crippen molar-refractivity contribution in [3.63, 3.8) is 0 Å². The molecule has 7 nitrogen and oxygen atoms in total. The quantitative estimate of drug-likeness (QED) is 0.506. The summed E-state index contributed by atoms with van der Waals surface area (Å²) in [6.45, 7) is 4.08. The van der Waals surface area contributed by atoms with Crippen molar-refractivity contribution < 1.29 is 18.3 Å². The van der Waals surface area contributed by atoms with Crippen LogP contribution in [0.5, 0.6) is 0 Å².